The maximum absolute atomic E-state index is 12.6. The molecule has 146 valence electrons. The zero-order chi connectivity index (χ0) is 20.2. The van der Waals surface area contributed by atoms with Gasteiger partial charge in [-0.25, -0.2) is 0 Å². The topological polar surface area (TPSA) is 47.6 Å². The average Bonchev–Trinajstić information content (AvgIpc) is 2.60. The van der Waals surface area contributed by atoms with Crippen LogP contribution in [0.5, 0.6) is 11.5 Å². The molecule has 1 unspecified atom stereocenters. The number of nitrogens with one attached hydrogen (secondary N) is 1. The second-order valence-corrected chi connectivity index (χ2v) is 5.56. The Morgan fingerprint density at radius 2 is 1.67 bits per heavy atom. The molecule has 2 rings (SSSR count). The molecule has 1 N–H and O–H groups in total. The van der Waals surface area contributed by atoms with Crippen LogP contribution in [0.1, 0.15) is 34.5 Å². The molecule has 0 radical (unpaired) electrons. The van der Waals surface area contributed by atoms with E-state index in [1.807, 2.05) is 0 Å². The summed E-state index contributed by atoms with van der Waals surface area (Å²) in [6, 6.07) is 7.49. The molecule has 9 heteroatoms. The van der Waals surface area contributed by atoms with E-state index in [1.54, 1.807) is 6.92 Å². The van der Waals surface area contributed by atoms with Crippen molar-refractivity contribution in [2.45, 2.75) is 25.8 Å². The lowest BCUT2D eigenvalue weighted by Gasteiger charge is -2.16. The van der Waals surface area contributed by atoms with E-state index in [4.69, 9.17) is 4.74 Å². The molecule has 27 heavy (non-hydrogen) atoms. The number of hydrogen-bond donors (Lipinski definition) is 1. The highest BCUT2D eigenvalue weighted by Gasteiger charge is 2.30. The third-order valence-corrected chi connectivity index (χ3v) is 3.73. The van der Waals surface area contributed by atoms with Crippen LogP contribution in [0.2, 0.25) is 0 Å². The molecule has 4 nitrogen and oxygen atoms in total. The minimum atomic E-state index is -4.44. The first kappa shape index (κ1) is 20.5. The number of carbonyl (C=O) groups excluding carboxylic acids is 1. The van der Waals surface area contributed by atoms with E-state index < -0.39 is 30.3 Å². The number of halogens is 5. The third-order valence-electron chi connectivity index (χ3n) is 3.73. The van der Waals surface area contributed by atoms with Gasteiger partial charge in [-0.05, 0) is 42.8 Å². The summed E-state index contributed by atoms with van der Waals surface area (Å²) in [5, 5.41) is 2.62. The van der Waals surface area contributed by atoms with Crippen LogP contribution in [-0.4, -0.2) is 19.6 Å². The fourth-order valence-electron chi connectivity index (χ4n) is 2.33. The van der Waals surface area contributed by atoms with Crippen LogP contribution in [0.15, 0.2) is 42.5 Å². The van der Waals surface area contributed by atoms with Gasteiger partial charge in [0.2, 0.25) is 0 Å². The van der Waals surface area contributed by atoms with Crippen LogP contribution in [0.25, 0.3) is 0 Å². The lowest BCUT2D eigenvalue weighted by Crippen LogP contribution is -2.26. The molecule has 1 amide bonds. The second kappa shape index (κ2) is 8.24. The van der Waals surface area contributed by atoms with Crippen molar-refractivity contribution in [1.29, 1.82) is 0 Å². The van der Waals surface area contributed by atoms with Crippen molar-refractivity contribution < 1.29 is 36.2 Å². The molecular weight excluding hydrogens is 373 g/mol. The standard InChI is InChI=1S/C18H16F5NO3/c1-10(11-3-6-13(7-4-11)18(21,22)23)24-16(25)12-5-8-14(27-17(19)20)15(9-12)26-2/h3-10,17H,1-2H3,(H,24,25). The van der Waals surface area contributed by atoms with Gasteiger partial charge in [-0.1, -0.05) is 12.1 Å². The summed E-state index contributed by atoms with van der Waals surface area (Å²) in [4.78, 5) is 12.3. The van der Waals surface area contributed by atoms with E-state index in [0.717, 1.165) is 12.1 Å². The summed E-state index contributed by atoms with van der Waals surface area (Å²) < 4.78 is 71.7. The Morgan fingerprint density at radius 3 is 2.19 bits per heavy atom. The highest BCUT2D eigenvalue weighted by molar-refractivity contribution is 5.95. The molecule has 0 aliphatic heterocycles. The molecule has 0 spiro atoms. The molecule has 2 aromatic carbocycles. The van der Waals surface area contributed by atoms with Gasteiger partial charge in [-0.3, -0.25) is 4.79 Å². The molecular formula is C18H16F5NO3. The number of rotatable bonds is 6. The normalized spacial score (nSPS) is 12.6. The summed E-state index contributed by atoms with van der Waals surface area (Å²) in [5.74, 6) is -0.825. The molecule has 0 saturated carbocycles. The Kier molecular flexibility index (Phi) is 6.24. The van der Waals surface area contributed by atoms with Crippen LogP contribution in [0.4, 0.5) is 22.0 Å². The van der Waals surface area contributed by atoms with Crippen molar-refractivity contribution in [3.8, 4) is 11.5 Å². The van der Waals surface area contributed by atoms with E-state index >= 15 is 0 Å². The van der Waals surface area contributed by atoms with Crippen molar-refractivity contribution in [1.82, 2.24) is 5.32 Å². The van der Waals surface area contributed by atoms with Gasteiger partial charge in [0, 0.05) is 5.56 Å². The maximum atomic E-state index is 12.6. The second-order valence-electron chi connectivity index (χ2n) is 5.56. The zero-order valence-corrected chi connectivity index (χ0v) is 14.3. The van der Waals surface area contributed by atoms with Crippen LogP contribution >= 0.6 is 0 Å². The number of amides is 1. The maximum Gasteiger partial charge on any atom is 0.416 e. The monoisotopic (exact) mass is 389 g/mol. The molecule has 0 saturated heterocycles. The van der Waals surface area contributed by atoms with Crippen molar-refractivity contribution in [2.24, 2.45) is 0 Å². The van der Waals surface area contributed by atoms with Gasteiger partial charge < -0.3 is 14.8 Å². The first-order chi connectivity index (χ1) is 12.6. The number of ether oxygens (including phenoxy) is 2. The van der Waals surface area contributed by atoms with Gasteiger partial charge in [0.25, 0.3) is 5.91 Å². The van der Waals surface area contributed by atoms with Gasteiger partial charge in [-0.15, -0.1) is 0 Å². The van der Waals surface area contributed by atoms with Gasteiger partial charge >= 0.3 is 12.8 Å². The van der Waals surface area contributed by atoms with Crippen LogP contribution < -0.4 is 14.8 Å². The van der Waals surface area contributed by atoms with Crippen molar-refractivity contribution in [3.63, 3.8) is 0 Å². The number of methoxy groups -OCH3 is 1. The number of carbonyl (C=O) groups is 1. The molecule has 0 aliphatic rings. The first-order valence-corrected chi connectivity index (χ1v) is 7.72. The molecule has 0 heterocycles. The zero-order valence-electron chi connectivity index (χ0n) is 14.3. The van der Waals surface area contributed by atoms with Crippen molar-refractivity contribution >= 4 is 5.91 Å². The first-order valence-electron chi connectivity index (χ1n) is 7.72. The molecule has 0 fully saturated rings. The van der Waals surface area contributed by atoms with E-state index in [-0.39, 0.29) is 17.1 Å². The fourth-order valence-corrected chi connectivity index (χ4v) is 2.33. The quantitative estimate of drug-likeness (QED) is 0.722. The minimum Gasteiger partial charge on any atom is -0.493 e. The predicted octanol–water partition coefficient (Wildman–Crippen LogP) is 4.81. The smallest absolute Gasteiger partial charge is 0.416 e. The van der Waals surface area contributed by atoms with Crippen molar-refractivity contribution in [2.75, 3.05) is 7.11 Å². The fraction of sp³-hybridized carbons (Fsp3) is 0.278. The summed E-state index contributed by atoms with van der Waals surface area (Å²) in [6.07, 6.45) is -4.44. The van der Waals surface area contributed by atoms with Gasteiger partial charge in [0.1, 0.15) is 0 Å². The molecule has 2 aromatic rings. The lowest BCUT2D eigenvalue weighted by atomic mass is 10.1. The Morgan fingerprint density at radius 1 is 1.04 bits per heavy atom. The van der Waals surface area contributed by atoms with E-state index in [9.17, 15) is 26.7 Å². The van der Waals surface area contributed by atoms with Crippen molar-refractivity contribution in [3.05, 3.63) is 59.2 Å². The number of benzene rings is 2. The Hall–Kier alpha value is -2.84. The van der Waals surface area contributed by atoms with Crippen LogP contribution in [0, 0.1) is 0 Å². The highest BCUT2D eigenvalue weighted by atomic mass is 19.4. The highest BCUT2D eigenvalue weighted by Crippen LogP contribution is 2.31. The number of hydrogen-bond acceptors (Lipinski definition) is 3. The predicted molar refractivity (Wildman–Crippen MR) is 87.0 cm³/mol. The Balaban J connectivity index is 2.12. The van der Waals surface area contributed by atoms with Crippen LogP contribution in [-0.2, 0) is 6.18 Å². The third kappa shape index (κ3) is 5.32. The van der Waals surface area contributed by atoms with Gasteiger partial charge in [0.15, 0.2) is 11.5 Å². The molecule has 1 atom stereocenters. The Bertz CT molecular complexity index is 791. The van der Waals surface area contributed by atoms with E-state index in [1.165, 1.54) is 37.4 Å². The average molecular weight is 389 g/mol. The minimum absolute atomic E-state index is 0.0508. The lowest BCUT2D eigenvalue weighted by molar-refractivity contribution is -0.137. The SMILES string of the molecule is COc1cc(C(=O)NC(C)c2ccc(C(F)(F)F)cc2)ccc1OC(F)F. The van der Waals surface area contributed by atoms with E-state index in [2.05, 4.69) is 10.1 Å². The van der Waals surface area contributed by atoms with Gasteiger partial charge in [-0.2, -0.15) is 22.0 Å². The summed E-state index contributed by atoms with van der Waals surface area (Å²) in [6.45, 7) is -1.44. The summed E-state index contributed by atoms with van der Waals surface area (Å²) >= 11 is 0. The molecule has 0 aromatic heterocycles. The summed E-state index contributed by atoms with van der Waals surface area (Å²) in [7, 11) is 1.24. The molecule has 0 bridgehead atoms. The largest absolute Gasteiger partial charge is 0.493 e. The summed E-state index contributed by atoms with van der Waals surface area (Å²) in [5.41, 5.74) is -0.197. The van der Waals surface area contributed by atoms with Gasteiger partial charge in [0.05, 0.1) is 18.7 Å². The number of alkyl halides is 5. The molecule has 0 aliphatic carbocycles. The van der Waals surface area contributed by atoms with Crippen LogP contribution in [0.3, 0.4) is 0 Å². The van der Waals surface area contributed by atoms with E-state index in [0.29, 0.717) is 5.56 Å². The Labute approximate surface area is 151 Å².